The fraction of sp³-hybridized carbons (Fsp3) is 0.333. The molecule has 0 radical (unpaired) electrons. The van der Waals surface area contributed by atoms with E-state index in [9.17, 15) is 14.7 Å². The van der Waals surface area contributed by atoms with Crippen molar-refractivity contribution in [2.75, 3.05) is 13.2 Å². The summed E-state index contributed by atoms with van der Waals surface area (Å²) >= 11 is 0. The molecule has 1 saturated heterocycles. The minimum atomic E-state index is -0.218. The van der Waals surface area contributed by atoms with Crippen molar-refractivity contribution in [3.63, 3.8) is 0 Å². The van der Waals surface area contributed by atoms with Gasteiger partial charge in [0.25, 0.3) is 5.91 Å². The molecule has 1 aliphatic rings. The summed E-state index contributed by atoms with van der Waals surface area (Å²) in [6, 6.07) is 8.32. The van der Waals surface area contributed by atoms with Gasteiger partial charge in [0.15, 0.2) is 5.43 Å². The number of aliphatic hydroxyl groups is 1. The molecule has 0 bridgehead atoms. The lowest BCUT2D eigenvalue weighted by atomic mass is 10.2. The van der Waals surface area contributed by atoms with Crippen molar-refractivity contribution in [3.05, 3.63) is 46.2 Å². The van der Waals surface area contributed by atoms with Gasteiger partial charge in [-0.25, -0.2) is 0 Å². The Kier molecular flexibility index (Phi) is 3.28. The van der Waals surface area contributed by atoms with Gasteiger partial charge in [-0.2, -0.15) is 0 Å². The standard InChI is InChI=1S/C15H16N2O3/c18-9-10-4-3-7-17(10)15(20)13-8-14(19)11-5-1-2-6-12(11)16-13/h1-2,5-6,8,10,18H,3-4,7,9H2,(H,16,19)/t10-/m1/s1. The second kappa shape index (κ2) is 5.09. The van der Waals surface area contributed by atoms with Crippen LogP contribution in [0.15, 0.2) is 35.1 Å². The summed E-state index contributed by atoms with van der Waals surface area (Å²) in [7, 11) is 0. The first kappa shape index (κ1) is 12.9. The summed E-state index contributed by atoms with van der Waals surface area (Å²) in [5.74, 6) is -0.218. The zero-order chi connectivity index (χ0) is 14.1. The molecule has 1 aromatic heterocycles. The van der Waals surface area contributed by atoms with Crippen molar-refractivity contribution in [2.24, 2.45) is 0 Å². The van der Waals surface area contributed by atoms with Crippen molar-refractivity contribution < 1.29 is 9.90 Å². The normalized spacial score (nSPS) is 18.6. The number of rotatable bonds is 2. The van der Waals surface area contributed by atoms with E-state index in [2.05, 4.69) is 4.98 Å². The molecular weight excluding hydrogens is 256 g/mol. The maximum absolute atomic E-state index is 12.5. The van der Waals surface area contributed by atoms with E-state index in [1.807, 2.05) is 6.07 Å². The van der Waals surface area contributed by atoms with E-state index >= 15 is 0 Å². The van der Waals surface area contributed by atoms with Crippen LogP contribution in [0.2, 0.25) is 0 Å². The van der Waals surface area contributed by atoms with Gasteiger partial charge in [-0.3, -0.25) is 9.59 Å². The monoisotopic (exact) mass is 272 g/mol. The van der Waals surface area contributed by atoms with Crippen LogP contribution in [0.5, 0.6) is 0 Å². The van der Waals surface area contributed by atoms with Gasteiger partial charge >= 0.3 is 0 Å². The molecule has 1 amide bonds. The van der Waals surface area contributed by atoms with Crippen LogP contribution in [0.4, 0.5) is 0 Å². The van der Waals surface area contributed by atoms with Gasteiger partial charge in [-0.05, 0) is 25.0 Å². The summed E-state index contributed by atoms with van der Waals surface area (Å²) in [6.07, 6.45) is 1.69. The van der Waals surface area contributed by atoms with E-state index in [-0.39, 0.29) is 29.7 Å². The minimum Gasteiger partial charge on any atom is -0.394 e. The third-order valence-electron chi connectivity index (χ3n) is 3.82. The molecule has 1 aromatic carbocycles. The molecule has 1 aliphatic heterocycles. The highest BCUT2D eigenvalue weighted by atomic mass is 16.3. The molecule has 20 heavy (non-hydrogen) atoms. The van der Waals surface area contributed by atoms with E-state index in [4.69, 9.17) is 0 Å². The Hall–Kier alpha value is -2.14. The van der Waals surface area contributed by atoms with Crippen LogP contribution < -0.4 is 5.43 Å². The summed E-state index contributed by atoms with van der Waals surface area (Å²) in [6.45, 7) is 0.586. The first-order valence-corrected chi connectivity index (χ1v) is 6.74. The highest BCUT2D eigenvalue weighted by Crippen LogP contribution is 2.19. The lowest BCUT2D eigenvalue weighted by molar-refractivity contribution is 0.0672. The second-order valence-corrected chi connectivity index (χ2v) is 5.07. The number of nitrogens with one attached hydrogen (secondary N) is 1. The first-order chi connectivity index (χ1) is 9.70. The fourth-order valence-electron chi connectivity index (χ4n) is 2.76. The third kappa shape index (κ3) is 2.10. The maximum atomic E-state index is 12.5. The van der Waals surface area contributed by atoms with Crippen molar-refractivity contribution >= 4 is 16.8 Å². The van der Waals surface area contributed by atoms with Gasteiger partial charge in [-0.1, -0.05) is 12.1 Å². The Morgan fingerprint density at radius 1 is 1.40 bits per heavy atom. The predicted octanol–water partition coefficient (Wildman–Crippen LogP) is 1.12. The number of aromatic amines is 1. The van der Waals surface area contributed by atoms with Gasteiger partial charge in [0.05, 0.1) is 12.6 Å². The van der Waals surface area contributed by atoms with E-state index in [0.29, 0.717) is 17.4 Å². The van der Waals surface area contributed by atoms with E-state index in [1.165, 1.54) is 6.07 Å². The summed E-state index contributed by atoms with van der Waals surface area (Å²) < 4.78 is 0. The third-order valence-corrected chi connectivity index (χ3v) is 3.82. The molecule has 3 rings (SSSR count). The van der Waals surface area contributed by atoms with Crippen LogP contribution in [0.3, 0.4) is 0 Å². The maximum Gasteiger partial charge on any atom is 0.270 e. The molecule has 2 heterocycles. The predicted molar refractivity (Wildman–Crippen MR) is 75.7 cm³/mol. The van der Waals surface area contributed by atoms with Crippen LogP contribution in [-0.4, -0.2) is 40.1 Å². The average Bonchev–Trinajstić information content (AvgIpc) is 2.95. The quantitative estimate of drug-likeness (QED) is 0.860. The highest BCUT2D eigenvalue weighted by molar-refractivity contribution is 5.95. The van der Waals surface area contributed by atoms with Crippen molar-refractivity contribution in [1.82, 2.24) is 9.88 Å². The lowest BCUT2D eigenvalue weighted by Gasteiger charge is -2.22. The van der Waals surface area contributed by atoms with Gasteiger partial charge < -0.3 is 15.0 Å². The molecule has 2 N–H and O–H groups in total. The molecule has 5 nitrogen and oxygen atoms in total. The molecule has 5 heteroatoms. The van der Waals surface area contributed by atoms with E-state index in [1.54, 1.807) is 23.1 Å². The number of hydrogen-bond acceptors (Lipinski definition) is 3. The van der Waals surface area contributed by atoms with E-state index < -0.39 is 0 Å². The molecular formula is C15H16N2O3. The number of amides is 1. The van der Waals surface area contributed by atoms with Gasteiger partial charge in [0.2, 0.25) is 0 Å². The number of para-hydroxylation sites is 1. The van der Waals surface area contributed by atoms with Crippen LogP contribution in [0.1, 0.15) is 23.3 Å². The molecule has 0 spiro atoms. The number of aromatic nitrogens is 1. The minimum absolute atomic E-state index is 0.0381. The SMILES string of the molecule is O=C(c1cc(=O)c2ccccc2[nH]1)N1CCC[C@@H]1CO. The molecule has 0 aliphatic carbocycles. The summed E-state index contributed by atoms with van der Waals surface area (Å²) in [5.41, 5.74) is 0.777. The molecule has 1 atom stereocenters. The van der Waals surface area contributed by atoms with Crippen molar-refractivity contribution in [3.8, 4) is 0 Å². The number of fused-ring (bicyclic) bond motifs is 1. The smallest absolute Gasteiger partial charge is 0.270 e. The topological polar surface area (TPSA) is 73.4 Å². The Bertz CT molecular complexity index is 708. The number of benzene rings is 1. The molecule has 0 saturated carbocycles. The number of carbonyl (C=O) groups excluding carboxylic acids is 1. The van der Waals surface area contributed by atoms with Crippen LogP contribution in [0.25, 0.3) is 10.9 Å². The fourth-order valence-corrected chi connectivity index (χ4v) is 2.76. The first-order valence-electron chi connectivity index (χ1n) is 6.74. The Morgan fingerprint density at radius 3 is 3.00 bits per heavy atom. The highest BCUT2D eigenvalue weighted by Gasteiger charge is 2.29. The molecule has 104 valence electrons. The van der Waals surface area contributed by atoms with Crippen LogP contribution in [-0.2, 0) is 0 Å². The molecule has 0 unspecified atom stereocenters. The van der Waals surface area contributed by atoms with Crippen LogP contribution >= 0.6 is 0 Å². The average molecular weight is 272 g/mol. The van der Waals surface area contributed by atoms with Gasteiger partial charge in [0, 0.05) is 23.5 Å². The van der Waals surface area contributed by atoms with Crippen LogP contribution in [0, 0.1) is 0 Å². The summed E-state index contributed by atoms with van der Waals surface area (Å²) in [5, 5.41) is 9.87. The number of nitrogens with zero attached hydrogens (tertiary/aromatic N) is 1. The molecule has 2 aromatic rings. The van der Waals surface area contributed by atoms with E-state index in [0.717, 1.165) is 12.8 Å². The number of likely N-dealkylation sites (tertiary alicyclic amines) is 1. The number of pyridine rings is 1. The number of carbonyl (C=O) groups is 1. The Morgan fingerprint density at radius 2 is 2.20 bits per heavy atom. The Labute approximate surface area is 115 Å². The number of H-pyrrole nitrogens is 1. The van der Waals surface area contributed by atoms with Gasteiger partial charge in [-0.15, -0.1) is 0 Å². The Balaban J connectivity index is 2.02. The second-order valence-electron chi connectivity index (χ2n) is 5.07. The van der Waals surface area contributed by atoms with Gasteiger partial charge in [0.1, 0.15) is 5.69 Å². The zero-order valence-corrected chi connectivity index (χ0v) is 11.0. The number of aliphatic hydroxyl groups excluding tert-OH is 1. The lowest BCUT2D eigenvalue weighted by Crippen LogP contribution is -2.38. The molecule has 1 fully saturated rings. The van der Waals surface area contributed by atoms with Crippen molar-refractivity contribution in [2.45, 2.75) is 18.9 Å². The summed E-state index contributed by atoms with van der Waals surface area (Å²) in [4.78, 5) is 29.1. The van der Waals surface area contributed by atoms with Crippen molar-refractivity contribution in [1.29, 1.82) is 0 Å². The largest absolute Gasteiger partial charge is 0.394 e. The number of hydrogen-bond donors (Lipinski definition) is 2. The zero-order valence-electron chi connectivity index (χ0n) is 11.0.